The first-order valence-corrected chi connectivity index (χ1v) is 5.21. The largest absolute Gasteiger partial charge is 0.299 e. The van der Waals surface area contributed by atoms with Crippen molar-refractivity contribution in [2.45, 2.75) is 0 Å². The average Bonchev–Trinajstić information content (AvgIpc) is 2.28. The quantitative estimate of drug-likeness (QED) is 0.603. The van der Waals surface area contributed by atoms with Gasteiger partial charge in [0.05, 0.1) is 3.79 Å². The maximum Gasteiger partial charge on any atom is 0.142 e. The molecule has 1 aromatic rings. The molecule has 0 aliphatic heterocycles. The van der Waals surface area contributed by atoms with Crippen LogP contribution in [0.5, 0.6) is 0 Å². The third kappa shape index (κ3) is 2.54. The highest BCUT2D eigenvalue weighted by molar-refractivity contribution is 9.13. The Morgan fingerprint density at radius 2 is 2.18 bits per heavy atom. The highest BCUT2D eigenvalue weighted by Crippen LogP contribution is 2.32. The van der Waals surface area contributed by atoms with Crippen molar-refractivity contribution in [3.8, 4) is 0 Å². The van der Waals surface area contributed by atoms with E-state index in [1.807, 2.05) is 6.07 Å². The van der Waals surface area contributed by atoms with Gasteiger partial charge in [-0.3, -0.25) is 4.79 Å². The topological polar surface area (TPSA) is 17.1 Å². The lowest BCUT2D eigenvalue weighted by Gasteiger charge is -1.76. The number of hydrogen-bond donors (Lipinski definition) is 0. The van der Waals surface area contributed by atoms with E-state index in [0.717, 1.165) is 19.4 Å². The number of hydrogen-bond acceptors (Lipinski definition) is 2. The van der Waals surface area contributed by atoms with Crippen LogP contribution in [0.25, 0.3) is 6.08 Å². The molecule has 0 saturated carbocycles. The lowest BCUT2D eigenvalue weighted by molar-refractivity contribution is -0.104. The fourth-order valence-electron chi connectivity index (χ4n) is 0.580. The van der Waals surface area contributed by atoms with Gasteiger partial charge in [0, 0.05) is 9.35 Å². The van der Waals surface area contributed by atoms with Gasteiger partial charge < -0.3 is 0 Å². The van der Waals surface area contributed by atoms with E-state index in [2.05, 4.69) is 31.9 Å². The number of aldehydes is 1. The predicted octanol–water partition coefficient (Wildman–Crippen LogP) is 3.49. The highest BCUT2D eigenvalue weighted by Gasteiger charge is 1.99. The van der Waals surface area contributed by atoms with Gasteiger partial charge in [0.1, 0.15) is 6.29 Å². The van der Waals surface area contributed by atoms with Gasteiger partial charge in [0.15, 0.2) is 0 Å². The van der Waals surface area contributed by atoms with Crippen LogP contribution in [-0.2, 0) is 4.79 Å². The second-order valence-electron chi connectivity index (χ2n) is 1.77. The minimum Gasteiger partial charge on any atom is -0.299 e. The Hall–Kier alpha value is 0.0700. The summed E-state index contributed by atoms with van der Waals surface area (Å²) in [5.74, 6) is 0. The molecule has 0 saturated heterocycles. The van der Waals surface area contributed by atoms with Crippen molar-refractivity contribution in [3.63, 3.8) is 0 Å². The number of carbonyl (C=O) groups excluding carboxylic acids is 1. The first-order chi connectivity index (χ1) is 5.24. The highest BCUT2D eigenvalue weighted by atomic mass is 79.9. The van der Waals surface area contributed by atoms with Gasteiger partial charge >= 0.3 is 0 Å². The third-order valence-corrected chi connectivity index (χ3v) is 4.22. The molecule has 0 unspecified atom stereocenters. The summed E-state index contributed by atoms with van der Waals surface area (Å²) in [6.07, 6.45) is 4.01. The molecular weight excluding hydrogens is 292 g/mol. The normalized spacial score (nSPS) is 10.7. The summed E-state index contributed by atoms with van der Waals surface area (Å²) >= 11 is 8.29. The van der Waals surface area contributed by atoms with E-state index in [9.17, 15) is 4.79 Å². The number of carbonyl (C=O) groups is 1. The van der Waals surface area contributed by atoms with Gasteiger partial charge in [-0.15, -0.1) is 11.3 Å². The maximum absolute atomic E-state index is 9.96. The van der Waals surface area contributed by atoms with Gasteiger partial charge in [0.25, 0.3) is 0 Å². The Labute approximate surface area is 85.4 Å². The molecule has 58 valence electrons. The fraction of sp³-hybridized carbons (Fsp3) is 0. The van der Waals surface area contributed by atoms with Gasteiger partial charge in [-0.05, 0) is 50.1 Å². The standard InChI is InChI=1S/C7H4Br2OS/c8-6-4-5(2-1-3-10)11-7(6)9/h1-4H/b2-1+. The van der Waals surface area contributed by atoms with Gasteiger partial charge in [0.2, 0.25) is 0 Å². The Morgan fingerprint density at radius 3 is 2.64 bits per heavy atom. The maximum atomic E-state index is 9.96. The summed E-state index contributed by atoms with van der Waals surface area (Å²) in [5.41, 5.74) is 0. The Bertz CT molecular complexity index is 271. The number of rotatable bonds is 2. The van der Waals surface area contributed by atoms with Crippen LogP contribution < -0.4 is 0 Å². The molecule has 0 aliphatic rings. The minimum atomic E-state index is 0.765. The van der Waals surface area contributed by atoms with Crippen molar-refractivity contribution in [3.05, 3.63) is 25.3 Å². The molecule has 1 rings (SSSR count). The Balaban J connectivity index is 2.88. The molecule has 0 aliphatic carbocycles. The molecule has 0 spiro atoms. The number of thiophene rings is 1. The van der Waals surface area contributed by atoms with Crippen LogP contribution >= 0.6 is 43.2 Å². The summed E-state index contributed by atoms with van der Waals surface area (Å²) in [4.78, 5) is 11.0. The molecule has 11 heavy (non-hydrogen) atoms. The van der Waals surface area contributed by atoms with Crippen molar-refractivity contribution in [2.75, 3.05) is 0 Å². The van der Waals surface area contributed by atoms with Crippen LogP contribution in [0, 0.1) is 0 Å². The number of allylic oxidation sites excluding steroid dienone is 1. The van der Waals surface area contributed by atoms with E-state index >= 15 is 0 Å². The van der Waals surface area contributed by atoms with Crippen LogP contribution in [0.1, 0.15) is 4.88 Å². The van der Waals surface area contributed by atoms with Crippen molar-refractivity contribution < 1.29 is 4.79 Å². The van der Waals surface area contributed by atoms with E-state index in [4.69, 9.17) is 0 Å². The fourth-order valence-corrected chi connectivity index (χ4v) is 2.58. The van der Waals surface area contributed by atoms with Crippen molar-refractivity contribution in [1.82, 2.24) is 0 Å². The van der Waals surface area contributed by atoms with Crippen molar-refractivity contribution in [1.29, 1.82) is 0 Å². The van der Waals surface area contributed by atoms with Crippen LogP contribution in [-0.4, -0.2) is 6.29 Å². The van der Waals surface area contributed by atoms with Crippen molar-refractivity contribution in [2.24, 2.45) is 0 Å². The van der Waals surface area contributed by atoms with E-state index in [-0.39, 0.29) is 0 Å². The summed E-state index contributed by atoms with van der Waals surface area (Å²) in [5, 5.41) is 0. The van der Waals surface area contributed by atoms with Gasteiger partial charge in [-0.25, -0.2) is 0 Å². The molecule has 0 radical (unpaired) electrons. The van der Waals surface area contributed by atoms with Crippen LogP contribution in [0.15, 0.2) is 20.4 Å². The Morgan fingerprint density at radius 1 is 1.45 bits per heavy atom. The first-order valence-electron chi connectivity index (χ1n) is 2.80. The van der Waals surface area contributed by atoms with Gasteiger partial charge in [-0.2, -0.15) is 0 Å². The average molecular weight is 296 g/mol. The van der Waals surface area contributed by atoms with E-state index in [0.29, 0.717) is 0 Å². The van der Waals surface area contributed by atoms with Crippen molar-refractivity contribution >= 4 is 55.6 Å². The predicted molar refractivity (Wildman–Crippen MR) is 54.8 cm³/mol. The summed E-state index contributed by atoms with van der Waals surface area (Å²) in [6.45, 7) is 0. The second-order valence-corrected chi connectivity index (χ2v) is 5.02. The lowest BCUT2D eigenvalue weighted by atomic mass is 10.4. The molecule has 0 fully saturated rings. The molecule has 1 heterocycles. The van der Waals surface area contributed by atoms with E-state index < -0.39 is 0 Å². The number of halogens is 2. The van der Waals surface area contributed by atoms with Crippen LogP contribution in [0.4, 0.5) is 0 Å². The van der Waals surface area contributed by atoms with Crippen LogP contribution in [0.3, 0.4) is 0 Å². The molecule has 0 atom stereocenters. The van der Waals surface area contributed by atoms with Gasteiger partial charge in [-0.1, -0.05) is 0 Å². The summed E-state index contributed by atoms with van der Waals surface area (Å²) in [7, 11) is 0. The SMILES string of the molecule is O=C/C=C/c1cc(Br)c(Br)s1. The monoisotopic (exact) mass is 294 g/mol. The zero-order valence-corrected chi connectivity index (χ0v) is 9.37. The van der Waals surface area contributed by atoms with E-state index in [1.165, 1.54) is 6.08 Å². The lowest BCUT2D eigenvalue weighted by Crippen LogP contribution is -1.58. The molecule has 1 aromatic heterocycles. The molecule has 0 N–H and O–H groups in total. The zero-order chi connectivity index (χ0) is 8.27. The zero-order valence-electron chi connectivity index (χ0n) is 5.38. The molecule has 4 heteroatoms. The molecular formula is C7H4Br2OS. The third-order valence-electron chi connectivity index (χ3n) is 1.00. The smallest absolute Gasteiger partial charge is 0.142 e. The Kier molecular flexibility index (Phi) is 3.48. The second kappa shape index (κ2) is 4.18. The van der Waals surface area contributed by atoms with Crippen LogP contribution in [0.2, 0.25) is 0 Å². The molecule has 0 aromatic carbocycles. The first kappa shape index (κ1) is 9.16. The molecule has 0 bridgehead atoms. The summed E-state index contributed by atoms with van der Waals surface area (Å²) < 4.78 is 2.07. The molecule has 0 amide bonds. The molecule has 1 nitrogen and oxygen atoms in total. The minimum absolute atomic E-state index is 0.765. The summed E-state index contributed by atoms with van der Waals surface area (Å²) in [6, 6.07) is 1.95. The van der Waals surface area contributed by atoms with E-state index in [1.54, 1.807) is 17.4 Å².